The standard InChI is InChI=1S/C17H20O5/c1-20-15-7-5-13(6-8-15)3-2-4-17(19)22-12-14-9-10-21-16(14)11-18/h5-10,18H,2-4,11-12H2,1H3. The normalized spacial score (nSPS) is 10.5. The Morgan fingerprint density at radius 3 is 2.68 bits per heavy atom. The number of carbonyl (C=O) groups excluding carboxylic acids is 1. The van der Waals surface area contributed by atoms with Gasteiger partial charge in [0.2, 0.25) is 0 Å². The first-order valence-corrected chi connectivity index (χ1v) is 7.17. The molecule has 0 radical (unpaired) electrons. The van der Waals surface area contributed by atoms with Crippen molar-refractivity contribution in [3.8, 4) is 5.75 Å². The molecule has 118 valence electrons. The monoisotopic (exact) mass is 304 g/mol. The molecule has 0 aliphatic carbocycles. The molecule has 0 saturated carbocycles. The highest BCUT2D eigenvalue weighted by molar-refractivity contribution is 5.69. The summed E-state index contributed by atoms with van der Waals surface area (Å²) in [4.78, 5) is 11.7. The highest BCUT2D eigenvalue weighted by Gasteiger charge is 2.09. The van der Waals surface area contributed by atoms with Gasteiger partial charge in [0.15, 0.2) is 0 Å². The second kappa shape index (κ2) is 8.24. The Balaban J connectivity index is 1.69. The van der Waals surface area contributed by atoms with Crippen molar-refractivity contribution in [1.82, 2.24) is 0 Å². The minimum absolute atomic E-state index is 0.133. The van der Waals surface area contributed by atoms with Gasteiger partial charge in [-0.2, -0.15) is 0 Å². The number of aliphatic hydroxyl groups is 1. The van der Waals surface area contributed by atoms with Gasteiger partial charge in [-0.05, 0) is 36.6 Å². The number of hydrogen-bond acceptors (Lipinski definition) is 5. The minimum atomic E-state index is -0.251. The Hall–Kier alpha value is -2.27. The summed E-state index contributed by atoms with van der Waals surface area (Å²) in [5, 5.41) is 9.03. The quantitative estimate of drug-likeness (QED) is 0.759. The van der Waals surface area contributed by atoms with Crippen molar-refractivity contribution in [3.63, 3.8) is 0 Å². The number of esters is 1. The van der Waals surface area contributed by atoms with Crippen LogP contribution in [0.2, 0.25) is 0 Å². The predicted octanol–water partition coefficient (Wildman–Crippen LogP) is 2.85. The maximum Gasteiger partial charge on any atom is 0.306 e. The molecule has 0 spiro atoms. The van der Waals surface area contributed by atoms with Crippen molar-refractivity contribution in [1.29, 1.82) is 0 Å². The van der Waals surface area contributed by atoms with Gasteiger partial charge >= 0.3 is 5.97 Å². The van der Waals surface area contributed by atoms with Crippen molar-refractivity contribution >= 4 is 5.97 Å². The van der Waals surface area contributed by atoms with Gasteiger partial charge in [-0.3, -0.25) is 4.79 Å². The van der Waals surface area contributed by atoms with Crippen LogP contribution >= 0.6 is 0 Å². The van der Waals surface area contributed by atoms with Gasteiger partial charge in [-0.15, -0.1) is 0 Å². The second-order valence-corrected chi connectivity index (χ2v) is 4.89. The molecular weight excluding hydrogens is 284 g/mol. The SMILES string of the molecule is COc1ccc(CCCC(=O)OCc2ccoc2CO)cc1. The molecule has 2 rings (SSSR count). The van der Waals surface area contributed by atoms with E-state index in [1.165, 1.54) is 6.26 Å². The zero-order valence-electron chi connectivity index (χ0n) is 12.6. The summed E-state index contributed by atoms with van der Waals surface area (Å²) in [7, 11) is 1.63. The molecule has 0 saturated heterocycles. The van der Waals surface area contributed by atoms with Crippen LogP contribution in [-0.2, 0) is 29.2 Å². The lowest BCUT2D eigenvalue weighted by atomic mass is 10.1. The lowest BCUT2D eigenvalue weighted by Crippen LogP contribution is -2.05. The first kappa shape index (κ1) is 16.1. The Morgan fingerprint density at radius 2 is 2.00 bits per heavy atom. The van der Waals surface area contributed by atoms with E-state index in [0.29, 0.717) is 17.7 Å². The van der Waals surface area contributed by atoms with Gasteiger partial charge < -0.3 is 19.0 Å². The van der Waals surface area contributed by atoms with Crippen LogP contribution in [0.3, 0.4) is 0 Å². The molecule has 0 bridgehead atoms. The molecule has 0 fully saturated rings. The zero-order chi connectivity index (χ0) is 15.8. The first-order valence-electron chi connectivity index (χ1n) is 7.17. The largest absolute Gasteiger partial charge is 0.497 e. The van der Waals surface area contributed by atoms with E-state index in [1.807, 2.05) is 24.3 Å². The summed E-state index contributed by atoms with van der Waals surface area (Å²) in [5.41, 5.74) is 1.86. The van der Waals surface area contributed by atoms with Crippen LogP contribution in [0.5, 0.6) is 5.75 Å². The zero-order valence-corrected chi connectivity index (χ0v) is 12.6. The number of rotatable bonds is 8. The van der Waals surface area contributed by atoms with E-state index >= 15 is 0 Å². The van der Waals surface area contributed by atoms with Gasteiger partial charge in [0.25, 0.3) is 0 Å². The Bertz CT molecular complexity index is 585. The lowest BCUT2D eigenvalue weighted by Gasteiger charge is -2.05. The summed E-state index contributed by atoms with van der Waals surface area (Å²) in [6, 6.07) is 9.48. The average Bonchev–Trinajstić information content (AvgIpc) is 3.01. The molecular formula is C17H20O5. The number of aryl methyl sites for hydroxylation is 1. The van der Waals surface area contributed by atoms with Crippen LogP contribution in [0.25, 0.3) is 0 Å². The van der Waals surface area contributed by atoms with E-state index < -0.39 is 0 Å². The van der Waals surface area contributed by atoms with Gasteiger partial charge in [-0.25, -0.2) is 0 Å². The molecule has 0 aliphatic rings. The van der Waals surface area contributed by atoms with E-state index in [-0.39, 0.29) is 19.2 Å². The fourth-order valence-electron chi connectivity index (χ4n) is 2.09. The van der Waals surface area contributed by atoms with E-state index in [2.05, 4.69) is 0 Å². The average molecular weight is 304 g/mol. The van der Waals surface area contributed by atoms with Crippen LogP contribution in [-0.4, -0.2) is 18.2 Å². The van der Waals surface area contributed by atoms with Gasteiger partial charge in [0, 0.05) is 12.0 Å². The third kappa shape index (κ3) is 4.63. The van der Waals surface area contributed by atoms with Gasteiger partial charge in [0.05, 0.1) is 13.4 Å². The molecule has 1 N–H and O–H groups in total. The third-order valence-electron chi connectivity index (χ3n) is 3.38. The molecule has 0 atom stereocenters. The number of hydrogen-bond donors (Lipinski definition) is 1. The highest BCUT2D eigenvalue weighted by atomic mass is 16.5. The number of aliphatic hydroxyl groups excluding tert-OH is 1. The van der Waals surface area contributed by atoms with Crippen LogP contribution in [0.15, 0.2) is 41.0 Å². The molecule has 2 aromatic rings. The summed E-state index contributed by atoms with van der Waals surface area (Å²) in [6.07, 6.45) is 3.37. The smallest absolute Gasteiger partial charge is 0.306 e. The molecule has 0 aliphatic heterocycles. The fraction of sp³-hybridized carbons (Fsp3) is 0.353. The summed E-state index contributed by atoms with van der Waals surface area (Å²) >= 11 is 0. The van der Waals surface area contributed by atoms with E-state index in [9.17, 15) is 4.79 Å². The van der Waals surface area contributed by atoms with E-state index in [4.69, 9.17) is 19.0 Å². The minimum Gasteiger partial charge on any atom is -0.497 e. The fourth-order valence-corrected chi connectivity index (χ4v) is 2.09. The molecule has 1 heterocycles. The molecule has 0 amide bonds. The third-order valence-corrected chi connectivity index (χ3v) is 3.38. The number of carbonyl (C=O) groups is 1. The molecule has 1 aromatic carbocycles. The summed E-state index contributed by atoms with van der Waals surface area (Å²) < 4.78 is 15.3. The number of methoxy groups -OCH3 is 1. The molecule has 22 heavy (non-hydrogen) atoms. The molecule has 0 unspecified atom stereocenters. The van der Waals surface area contributed by atoms with E-state index in [1.54, 1.807) is 13.2 Å². The van der Waals surface area contributed by atoms with Crippen molar-refractivity contribution in [2.24, 2.45) is 0 Å². The van der Waals surface area contributed by atoms with Crippen molar-refractivity contribution in [3.05, 3.63) is 53.5 Å². The first-order chi connectivity index (χ1) is 10.7. The lowest BCUT2D eigenvalue weighted by molar-refractivity contribution is -0.145. The maximum atomic E-state index is 11.7. The number of benzene rings is 1. The van der Waals surface area contributed by atoms with Crippen LogP contribution in [0.4, 0.5) is 0 Å². The number of ether oxygens (including phenoxy) is 2. The summed E-state index contributed by atoms with van der Waals surface area (Å²) in [5.74, 6) is 1.01. The van der Waals surface area contributed by atoms with Crippen molar-refractivity contribution < 1.29 is 23.8 Å². The van der Waals surface area contributed by atoms with Crippen molar-refractivity contribution in [2.75, 3.05) is 7.11 Å². The predicted molar refractivity (Wildman–Crippen MR) is 80.4 cm³/mol. The topological polar surface area (TPSA) is 68.9 Å². The van der Waals surface area contributed by atoms with Crippen LogP contribution in [0, 0.1) is 0 Å². The van der Waals surface area contributed by atoms with Gasteiger partial charge in [-0.1, -0.05) is 12.1 Å². The molecule has 1 aromatic heterocycles. The highest BCUT2D eigenvalue weighted by Crippen LogP contribution is 2.14. The maximum absolute atomic E-state index is 11.7. The van der Waals surface area contributed by atoms with Crippen LogP contribution < -0.4 is 4.74 Å². The molecule has 5 nitrogen and oxygen atoms in total. The van der Waals surface area contributed by atoms with Gasteiger partial charge in [0.1, 0.15) is 24.7 Å². The van der Waals surface area contributed by atoms with Crippen molar-refractivity contribution in [2.45, 2.75) is 32.5 Å². The summed E-state index contributed by atoms with van der Waals surface area (Å²) in [6.45, 7) is -0.0644. The number of furan rings is 1. The Kier molecular flexibility index (Phi) is 6.03. The van der Waals surface area contributed by atoms with Crippen LogP contribution in [0.1, 0.15) is 29.7 Å². The van der Waals surface area contributed by atoms with E-state index in [0.717, 1.165) is 24.2 Å². The molecule has 5 heteroatoms. The Morgan fingerprint density at radius 1 is 1.23 bits per heavy atom. The second-order valence-electron chi connectivity index (χ2n) is 4.89. The Labute approximate surface area is 129 Å².